The number of nitrogens with one attached hydrogen (secondary N) is 1. The third-order valence-electron chi connectivity index (χ3n) is 5.11. The number of aliphatic carboxylic acids is 1. The molecule has 3 aromatic rings. The van der Waals surface area contributed by atoms with Crippen molar-refractivity contribution < 1.29 is 14.7 Å². The normalized spacial score (nSPS) is 11.7. The summed E-state index contributed by atoms with van der Waals surface area (Å²) in [6, 6.07) is 18.1. The van der Waals surface area contributed by atoms with Crippen LogP contribution in [0.1, 0.15) is 45.2 Å². The van der Waals surface area contributed by atoms with Crippen molar-refractivity contribution in [2.24, 2.45) is 0 Å². The van der Waals surface area contributed by atoms with Crippen LogP contribution in [0.5, 0.6) is 0 Å². The van der Waals surface area contributed by atoms with Gasteiger partial charge in [-0.05, 0) is 55.2 Å². The van der Waals surface area contributed by atoms with Crippen LogP contribution in [0.2, 0.25) is 0 Å². The lowest BCUT2D eigenvalue weighted by molar-refractivity contribution is -0.137. The maximum Gasteiger partial charge on any atom is 0.305 e. The molecule has 0 fully saturated rings. The fraction of sp³-hybridized carbons (Fsp3) is 0.208. The first kappa shape index (κ1) is 20.3. The molecule has 0 bridgehead atoms. The molecule has 0 spiro atoms. The van der Waals surface area contributed by atoms with Gasteiger partial charge in [0, 0.05) is 5.56 Å². The molecule has 5 heteroatoms. The molecule has 1 unspecified atom stereocenters. The fourth-order valence-corrected chi connectivity index (χ4v) is 3.36. The van der Waals surface area contributed by atoms with Crippen molar-refractivity contribution in [3.8, 4) is 11.3 Å². The Morgan fingerprint density at radius 2 is 1.62 bits per heavy atom. The Bertz CT molecular complexity index is 1060. The average Bonchev–Trinajstić information content (AvgIpc) is 2.69. The fourth-order valence-electron chi connectivity index (χ4n) is 3.36. The SMILES string of the molecule is Cc1ccccc1C(CC(=O)O)NC(=O)c1cccc(-c2cccc(C)c2C)n1. The predicted octanol–water partition coefficient (Wildman–Crippen LogP) is 4.62. The summed E-state index contributed by atoms with van der Waals surface area (Å²) in [5.41, 5.74) is 5.92. The lowest BCUT2D eigenvalue weighted by Gasteiger charge is -2.19. The average molecular weight is 388 g/mol. The zero-order valence-corrected chi connectivity index (χ0v) is 16.8. The molecule has 0 aliphatic rings. The predicted molar refractivity (Wildman–Crippen MR) is 113 cm³/mol. The van der Waals surface area contributed by atoms with E-state index in [0.717, 1.165) is 27.8 Å². The monoisotopic (exact) mass is 388 g/mol. The number of hydrogen-bond acceptors (Lipinski definition) is 3. The Hall–Kier alpha value is -3.47. The number of pyridine rings is 1. The molecular weight excluding hydrogens is 364 g/mol. The first-order valence-electron chi connectivity index (χ1n) is 9.48. The van der Waals surface area contributed by atoms with Gasteiger partial charge in [0.1, 0.15) is 5.69 Å². The highest BCUT2D eigenvalue weighted by Crippen LogP contribution is 2.25. The van der Waals surface area contributed by atoms with Gasteiger partial charge >= 0.3 is 5.97 Å². The van der Waals surface area contributed by atoms with Crippen LogP contribution in [0.15, 0.2) is 60.7 Å². The number of nitrogens with zero attached hydrogens (tertiary/aromatic N) is 1. The zero-order valence-electron chi connectivity index (χ0n) is 16.8. The van der Waals surface area contributed by atoms with Crippen LogP contribution in [-0.2, 0) is 4.79 Å². The van der Waals surface area contributed by atoms with Crippen LogP contribution in [0.3, 0.4) is 0 Å². The summed E-state index contributed by atoms with van der Waals surface area (Å²) in [7, 11) is 0. The molecule has 148 valence electrons. The Labute approximate surface area is 170 Å². The highest BCUT2D eigenvalue weighted by Gasteiger charge is 2.21. The molecule has 0 aliphatic heterocycles. The molecule has 0 aliphatic carbocycles. The van der Waals surface area contributed by atoms with Crippen molar-refractivity contribution in [3.05, 3.63) is 88.6 Å². The van der Waals surface area contributed by atoms with E-state index in [-0.39, 0.29) is 12.1 Å². The van der Waals surface area contributed by atoms with Gasteiger partial charge in [0.2, 0.25) is 0 Å². The minimum Gasteiger partial charge on any atom is -0.481 e. The number of benzene rings is 2. The summed E-state index contributed by atoms with van der Waals surface area (Å²) < 4.78 is 0. The van der Waals surface area contributed by atoms with Crippen LogP contribution in [0.4, 0.5) is 0 Å². The van der Waals surface area contributed by atoms with Gasteiger partial charge in [-0.3, -0.25) is 9.59 Å². The molecule has 1 amide bonds. The van der Waals surface area contributed by atoms with Crippen molar-refractivity contribution in [1.29, 1.82) is 0 Å². The van der Waals surface area contributed by atoms with Crippen molar-refractivity contribution >= 4 is 11.9 Å². The number of hydrogen-bond donors (Lipinski definition) is 2. The Morgan fingerprint density at radius 3 is 2.34 bits per heavy atom. The Kier molecular flexibility index (Phi) is 6.07. The number of carbonyl (C=O) groups is 2. The van der Waals surface area contributed by atoms with Crippen molar-refractivity contribution in [2.45, 2.75) is 33.2 Å². The van der Waals surface area contributed by atoms with E-state index in [1.807, 2.05) is 69.3 Å². The second-order valence-corrected chi connectivity index (χ2v) is 7.14. The summed E-state index contributed by atoms with van der Waals surface area (Å²) in [6.07, 6.45) is -0.201. The summed E-state index contributed by atoms with van der Waals surface area (Å²) in [4.78, 5) is 28.8. The molecule has 1 heterocycles. The van der Waals surface area contributed by atoms with E-state index in [9.17, 15) is 14.7 Å². The van der Waals surface area contributed by atoms with Crippen LogP contribution in [0.25, 0.3) is 11.3 Å². The van der Waals surface area contributed by atoms with Crippen LogP contribution < -0.4 is 5.32 Å². The van der Waals surface area contributed by atoms with E-state index >= 15 is 0 Å². The molecule has 1 aromatic heterocycles. The maximum atomic E-state index is 12.9. The van der Waals surface area contributed by atoms with Gasteiger partial charge in [0.15, 0.2) is 0 Å². The minimum absolute atomic E-state index is 0.201. The smallest absolute Gasteiger partial charge is 0.305 e. The van der Waals surface area contributed by atoms with Gasteiger partial charge in [-0.25, -0.2) is 4.98 Å². The number of aromatic nitrogens is 1. The quantitative estimate of drug-likeness (QED) is 0.646. The molecule has 1 atom stereocenters. The summed E-state index contributed by atoms with van der Waals surface area (Å²) in [5.74, 6) is -1.37. The molecule has 29 heavy (non-hydrogen) atoms. The number of carboxylic acids is 1. The molecule has 5 nitrogen and oxygen atoms in total. The first-order valence-corrected chi connectivity index (χ1v) is 9.48. The van der Waals surface area contributed by atoms with E-state index in [4.69, 9.17) is 0 Å². The minimum atomic E-state index is -0.976. The molecule has 3 rings (SSSR count). The maximum absolute atomic E-state index is 12.9. The number of rotatable bonds is 6. The third-order valence-corrected chi connectivity index (χ3v) is 5.11. The van der Waals surface area contributed by atoms with Crippen molar-refractivity contribution in [3.63, 3.8) is 0 Å². The Morgan fingerprint density at radius 1 is 0.931 bits per heavy atom. The molecule has 0 saturated carbocycles. The lowest BCUT2D eigenvalue weighted by Crippen LogP contribution is -2.31. The van der Waals surface area contributed by atoms with Gasteiger partial charge in [0.25, 0.3) is 5.91 Å². The number of carbonyl (C=O) groups excluding carboxylic acids is 1. The van der Waals surface area contributed by atoms with Gasteiger partial charge in [-0.1, -0.05) is 48.5 Å². The van der Waals surface area contributed by atoms with E-state index < -0.39 is 17.9 Å². The van der Waals surface area contributed by atoms with Crippen molar-refractivity contribution in [2.75, 3.05) is 0 Å². The zero-order chi connectivity index (χ0) is 21.0. The van der Waals surface area contributed by atoms with Crippen molar-refractivity contribution in [1.82, 2.24) is 10.3 Å². The highest BCUT2D eigenvalue weighted by atomic mass is 16.4. The lowest BCUT2D eigenvalue weighted by atomic mass is 9.98. The summed E-state index contributed by atoms with van der Waals surface area (Å²) in [5, 5.41) is 12.1. The molecule has 2 aromatic carbocycles. The van der Waals surface area contributed by atoms with Gasteiger partial charge in [-0.15, -0.1) is 0 Å². The number of aryl methyl sites for hydroxylation is 2. The van der Waals surface area contributed by atoms with Crippen LogP contribution in [-0.4, -0.2) is 22.0 Å². The second kappa shape index (κ2) is 8.69. The van der Waals surface area contributed by atoms with Gasteiger partial charge < -0.3 is 10.4 Å². The standard InChI is InChI=1S/C24H24N2O3/c1-15-9-6-11-19(17(15)3)20-12-7-13-21(25-20)24(29)26-22(14-23(27)28)18-10-5-4-8-16(18)2/h4-13,22H,14H2,1-3H3,(H,26,29)(H,27,28). The van der Waals surface area contributed by atoms with Gasteiger partial charge in [-0.2, -0.15) is 0 Å². The largest absolute Gasteiger partial charge is 0.481 e. The van der Waals surface area contributed by atoms with Crippen LogP contribution in [0, 0.1) is 20.8 Å². The molecule has 2 N–H and O–H groups in total. The number of carboxylic acid groups (broad SMARTS) is 1. The van der Waals surface area contributed by atoms with E-state index in [0.29, 0.717) is 5.69 Å². The molecule has 0 saturated heterocycles. The van der Waals surface area contributed by atoms with E-state index in [1.165, 1.54) is 0 Å². The molecular formula is C24H24N2O3. The third kappa shape index (κ3) is 4.69. The topological polar surface area (TPSA) is 79.3 Å². The first-order chi connectivity index (χ1) is 13.9. The summed E-state index contributed by atoms with van der Waals surface area (Å²) in [6.45, 7) is 5.96. The molecule has 0 radical (unpaired) electrons. The summed E-state index contributed by atoms with van der Waals surface area (Å²) >= 11 is 0. The van der Waals surface area contributed by atoms with Crippen LogP contribution >= 0.6 is 0 Å². The Balaban J connectivity index is 1.90. The van der Waals surface area contributed by atoms with E-state index in [2.05, 4.69) is 10.3 Å². The number of amides is 1. The van der Waals surface area contributed by atoms with Gasteiger partial charge in [0.05, 0.1) is 18.2 Å². The second-order valence-electron chi connectivity index (χ2n) is 7.14. The highest BCUT2D eigenvalue weighted by molar-refractivity contribution is 5.93. The van der Waals surface area contributed by atoms with E-state index in [1.54, 1.807) is 12.1 Å².